The van der Waals surface area contributed by atoms with Crippen molar-refractivity contribution in [3.05, 3.63) is 77.6 Å². The van der Waals surface area contributed by atoms with Gasteiger partial charge < -0.3 is 10.1 Å². The molecule has 0 saturated heterocycles. The van der Waals surface area contributed by atoms with Gasteiger partial charge in [0.15, 0.2) is 0 Å². The zero-order valence-corrected chi connectivity index (χ0v) is 16.7. The van der Waals surface area contributed by atoms with E-state index in [4.69, 9.17) is 9.72 Å². The predicted octanol–water partition coefficient (Wildman–Crippen LogP) is 4.92. The molecule has 1 atom stereocenters. The molecule has 3 heterocycles. The Balaban J connectivity index is 1.41. The minimum absolute atomic E-state index is 0.0430. The van der Waals surface area contributed by atoms with Crippen LogP contribution in [0.15, 0.2) is 60.9 Å². The largest absolute Gasteiger partial charge is 0.493 e. The molecule has 144 valence electrons. The van der Waals surface area contributed by atoms with Gasteiger partial charge in [0.25, 0.3) is 5.91 Å². The van der Waals surface area contributed by atoms with Crippen LogP contribution >= 0.6 is 11.3 Å². The monoisotopic (exact) mass is 401 g/mol. The number of pyridine rings is 1. The van der Waals surface area contributed by atoms with Crippen molar-refractivity contribution in [1.29, 1.82) is 0 Å². The van der Waals surface area contributed by atoms with Crippen molar-refractivity contribution >= 4 is 27.5 Å². The minimum atomic E-state index is -0.0826. The van der Waals surface area contributed by atoms with Crippen LogP contribution in [-0.4, -0.2) is 22.5 Å². The first kappa shape index (κ1) is 17.8. The highest BCUT2D eigenvalue weighted by Gasteiger charge is 2.23. The van der Waals surface area contributed by atoms with E-state index in [-0.39, 0.29) is 11.9 Å². The standard InChI is InChI=1S/C23H19N3O2S/c1-14-10-16(13-24-12-14)23-26-19-7-6-15(11-21(19)29-23)22(27)25-18-8-9-28-20-5-3-2-4-17(18)20/h2-7,10-13,18H,8-9H2,1H3,(H,25,27)/t18-/m0/s1. The summed E-state index contributed by atoms with van der Waals surface area (Å²) >= 11 is 1.57. The first-order valence-electron chi connectivity index (χ1n) is 9.52. The molecule has 1 N–H and O–H groups in total. The molecule has 2 aromatic heterocycles. The molecule has 0 radical (unpaired) electrons. The van der Waals surface area contributed by atoms with Crippen LogP contribution in [0.1, 0.15) is 33.9 Å². The zero-order valence-electron chi connectivity index (χ0n) is 15.9. The number of aromatic nitrogens is 2. The van der Waals surface area contributed by atoms with Crippen LogP contribution in [0.4, 0.5) is 0 Å². The first-order chi connectivity index (χ1) is 14.2. The highest BCUT2D eigenvalue weighted by molar-refractivity contribution is 7.21. The van der Waals surface area contributed by atoms with Crippen LogP contribution in [0.5, 0.6) is 5.75 Å². The van der Waals surface area contributed by atoms with Crippen molar-refractivity contribution < 1.29 is 9.53 Å². The zero-order chi connectivity index (χ0) is 19.8. The van der Waals surface area contributed by atoms with Gasteiger partial charge in [-0.1, -0.05) is 18.2 Å². The van der Waals surface area contributed by atoms with Gasteiger partial charge in [-0.3, -0.25) is 9.78 Å². The van der Waals surface area contributed by atoms with Gasteiger partial charge in [-0.25, -0.2) is 4.98 Å². The Morgan fingerprint density at radius 3 is 2.97 bits per heavy atom. The number of rotatable bonds is 3. The summed E-state index contributed by atoms with van der Waals surface area (Å²) in [6.45, 7) is 2.62. The summed E-state index contributed by atoms with van der Waals surface area (Å²) in [4.78, 5) is 21.9. The molecule has 5 rings (SSSR count). The number of carbonyl (C=O) groups excluding carboxylic acids is 1. The number of nitrogens with one attached hydrogen (secondary N) is 1. The van der Waals surface area contributed by atoms with Crippen molar-refractivity contribution in [2.75, 3.05) is 6.61 Å². The van der Waals surface area contributed by atoms with E-state index in [1.807, 2.05) is 61.8 Å². The van der Waals surface area contributed by atoms with E-state index in [0.29, 0.717) is 12.2 Å². The van der Waals surface area contributed by atoms with Crippen molar-refractivity contribution in [2.45, 2.75) is 19.4 Å². The third kappa shape index (κ3) is 3.47. The molecule has 2 aromatic carbocycles. The van der Waals surface area contributed by atoms with Gasteiger partial charge in [0, 0.05) is 35.5 Å². The number of thiazole rings is 1. The Bertz CT molecular complexity index is 1220. The van der Waals surface area contributed by atoms with Crippen molar-refractivity contribution in [2.24, 2.45) is 0 Å². The normalized spacial score (nSPS) is 15.6. The van der Waals surface area contributed by atoms with E-state index >= 15 is 0 Å². The van der Waals surface area contributed by atoms with Crippen LogP contribution in [0.2, 0.25) is 0 Å². The lowest BCUT2D eigenvalue weighted by atomic mass is 10.00. The summed E-state index contributed by atoms with van der Waals surface area (Å²) in [5.74, 6) is 0.763. The minimum Gasteiger partial charge on any atom is -0.493 e. The van der Waals surface area contributed by atoms with E-state index in [0.717, 1.165) is 44.1 Å². The highest BCUT2D eigenvalue weighted by atomic mass is 32.1. The van der Waals surface area contributed by atoms with Crippen LogP contribution in [0, 0.1) is 6.92 Å². The summed E-state index contributed by atoms with van der Waals surface area (Å²) in [5, 5.41) is 4.07. The van der Waals surface area contributed by atoms with Gasteiger partial charge >= 0.3 is 0 Å². The number of benzene rings is 2. The van der Waals surface area contributed by atoms with Gasteiger partial charge in [0.05, 0.1) is 22.9 Å². The maximum absolute atomic E-state index is 12.9. The smallest absolute Gasteiger partial charge is 0.251 e. The lowest BCUT2D eigenvalue weighted by molar-refractivity contribution is 0.0925. The first-order valence-corrected chi connectivity index (χ1v) is 10.3. The number of carbonyl (C=O) groups is 1. The average Bonchev–Trinajstić information content (AvgIpc) is 3.17. The molecule has 0 fully saturated rings. The highest BCUT2D eigenvalue weighted by Crippen LogP contribution is 2.33. The van der Waals surface area contributed by atoms with Crippen LogP contribution in [-0.2, 0) is 0 Å². The summed E-state index contributed by atoms with van der Waals surface area (Å²) in [5.41, 5.74) is 4.65. The average molecular weight is 401 g/mol. The number of para-hydroxylation sites is 1. The Kier molecular flexibility index (Phi) is 4.48. The molecule has 0 spiro atoms. The van der Waals surface area contributed by atoms with Gasteiger partial charge in [0.1, 0.15) is 10.8 Å². The molecular weight excluding hydrogens is 382 g/mol. The number of ether oxygens (including phenoxy) is 1. The number of aryl methyl sites for hydroxylation is 1. The van der Waals surface area contributed by atoms with Crippen molar-refractivity contribution in [3.8, 4) is 16.3 Å². The number of hydrogen-bond acceptors (Lipinski definition) is 5. The topological polar surface area (TPSA) is 64.1 Å². The van der Waals surface area contributed by atoms with E-state index in [1.54, 1.807) is 11.3 Å². The lowest BCUT2D eigenvalue weighted by Gasteiger charge is -2.26. The third-order valence-electron chi connectivity index (χ3n) is 5.04. The van der Waals surface area contributed by atoms with Gasteiger partial charge in [0.2, 0.25) is 0 Å². The lowest BCUT2D eigenvalue weighted by Crippen LogP contribution is -2.32. The fourth-order valence-corrected chi connectivity index (χ4v) is 4.58. The quantitative estimate of drug-likeness (QED) is 0.529. The van der Waals surface area contributed by atoms with Crippen molar-refractivity contribution in [3.63, 3.8) is 0 Å². The molecule has 0 saturated carbocycles. The Morgan fingerprint density at radius 1 is 1.17 bits per heavy atom. The molecule has 1 aliphatic rings. The summed E-state index contributed by atoms with van der Waals surface area (Å²) in [7, 11) is 0. The van der Waals surface area contributed by atoms with E-state index in [2.05, 4.69) is 16.4 Å². The maximum Gasteiger partial charge on any atom is 0.251 e. The van der Waals surface area contributed by atoms with E-state index in [1.165, 1.54) is 0 Å². The van der Waals surface area contributed by atoms with Crippen LogP contribution in [0.3, 0.4) is 0 Å². The van der Waals surface area contributed by atoms with Crippen LogP contribution < -0.4 is 10.1 Å². The SMILES string of the molecule is Cc1cncc(-c2nc3ccc(C(=O)N[C@H]4CCOc5ccccc54)cc3s2)c1. The Labute approximate surface area is 172 Å². The Morgan fingerprint density at radius 2 is 2.07 bits per heavy atom. The second kappa shape index (κ2) is 7.29. The molecule has 6 heteroatoms. The second-order valence-electron chi connectivity index (χ2n) is 7.15. The molecule has 0 bridgehead atoms. The number of nitrogens with zero attached hydrogens (tertiary/aromatic N) is 2. The predicted molar refractivity (Wildman–Crippen MR) is 114 cm³/mol. The molecular formula is C23H19N3O2S. The van der Waals surface area contributed by atoms with Crippen LogP contribution in [0.25, 0.3) is 20.8 Å². The summed E-state index contributed by atoms with van der Waals surface area (Å²) < 4.78 is 6.68. The molecule has 29 heavy (non-hydrogen) atoms. The van der Waals surface area contributed by atoms with Crippen molar-refractivity contribution in [1.82, 2.24) is 15.3 Å². The number of hydrogen-bond donors (Lipinski definition) is 1. The van der Waals surface area contributed by atoms with E-state index < -0.39 is 0 Å². The molecule has 0 unspecified atom stereocenters. The maximum atomic E-state index is 12.9. The Hall–Kier alpha value is -3.25. The molecule has 5 nitrogen and oxygen atoms in total. The molecule has 1 amide bonds. The summed E-state index contributed by atoms with van der Waals surface area (Å²) in [6, 6.07) is 15.6. The van der Waals surface area contributed by atoms with Gasteiger partial charge in [-0.05, 0) is 42.8 Å². The molecule has 1 aliphatic heterocycles. The second-order valence-corrected chi connectivity index (χ2v) is 8.18. The molecule has 0 aliphatic carbocycles. The third-order valence-corrected chi connectivity index (χ3v) is 6.10. The van der Waals surface area contributed by atoms with Gasteiger partial charge in [-0.2, -0.15) is 0 Å². The molecule has 4 aromatic rings. The fourth-order valence-electron chi connectivity index (χ4n) is 3.59. The van der Waals surface area contributed by atoms with Gasteiger partial charge in [-0.15, -0.1) is 11.3 Å². The number of amides is 1. The fraction of sp³-hybridized carbons (Fsp3) is 0.174. The summed E-state index contributed by atoms with van der Waals surface area (Å²) in [6.07, 6.45) is 4.41. The number of fused-ring (bicyclic) bond motifs is 2. The van der Waals surface area contributed by atoms with E-state index in [9.17, 15) is 4.79 Å².